The number of carbonyl (C=O) groups excluding carboxylic acids is 1. The third kappa shape index (κ3) is 5.34. The summed E-state index contributed by atoms with van der Waals surface area (Å²) in [5.74, 6) is 0.805. The number of hydrogen-bond acceptors (Lipinski definition) is 4. The fraction of sp³-hybridized carbons (Fsp3) is 0.389. The van der Waals surface area contributed by atoms with Gasteiger partial charge in [0.25, 0.3) is 0 Å². The van der Waals surface area contributed by atoms with Crippen LogP contribution in [-0.2, 0) is 11.3 Å². The molecule has 134 valence electrons. The number of aliphatic imine (C=N–C) groups is 1. The van der Waals surface area contributed by atoms with Crippen molar-refractivity contribution in [1.29, 1.82) is 0 Å². The predicted octanol–water partition coefficient (Wildman–Crippen LogP) is 1.91. The summed E-state index contributed by atoms with van der Waals surface area (Å²) in [6.45, 7) is 7.01. The van der Waals surface area contributed by atoms with E-state index in [9.17, 15) is 4.79 Å². The maximum Gasteiger partial charge on any atom is 0.226 e. The Bertz CT molecular complexity index is 722. The van der Waals surface area contributed by atoms with Gasteiger partial charge in [-0.3, -0.25) is 4.79 Å². The highest BCUT2D eigenvalue weighted by Gasteiger charge is 2.24. The maximum absolute atomic E-state index is 11.4. The summed E-state index contributed by atoms with van der Waals surface area (Å²) in [6.07, 6.45) is 1.60. The van der Waals surface area contributed by atoms with E-state index in [1.54, 1.807) is 20.1 Å². The van der Waals surface area contributed by atoms with E-state index in [0.29, 0.717) is 31.5 Å². The molecular weight excluding hydrogens is 318 g/mol. The Labute approximate surface area is 147 Å². The molecule has 0 aliphatic heterocycles. The van der Waals surface area contributed by atoms with Gasteiger partial charge < -0.3 is 20.8 Å². The summed E-state index contributed by atoms with van der Waals surface area (Å²) in [5, 5.41) is 6.26. The monoisotopic (exact) mass is 343 g/mol. The highest BCUT2D eigenvalue weighted by atomic mass is 16.3. The van der Waals surface area contributed by atoms with Crippen molar-refractivity contribution in [2.24, 2.45) is 16.1 Å². The minimum absolute atomic E-state index is 0.361. The minimum atomic E-state index is -0.662. The molecule has 1 aromatic carbocycles. The number of benzene rings is 1. The number of amides is 1. The van der Waals surface area contributed by atoms with Crippen molar-refractivity contribution < 1.29 is 9.21 Å². The Morgan fingerprint density at radius 1 is 1.28 bits per heavy atom. The van der Waals surface area contributed by atoms with Crippen LogP contribution < -0.4 is 16.4 Å². The number of guanidine groups is 1. The number of aromatic nitrogens is 1. The molecule has 4 N–H and O–H groups in total. The Balaban J connectivity index is 2.01. The Morgan fingerprint density at radius 3 is 2.64 bits per heavy atom. The lowest BCUT2D eigenvalue weighted by molar-refractivity contribution is -0.125. The Morgan fingerprint density at radius 2 is 2.00 bits per heavy atom. The third-order valence-electron chi connectivity index (χ3n) is 3.68. The molecule has 0 saturated heterocycles. The molecule has 1 amide bonds. The second-order valence-corrected chi connectivity index (χ2v) is 6.31. The second kappa shape index (κ2) is 8.32. The van der Waals surface area contributed by atoms with Gasteiger partial charge in [0.2, 0.25) is 11.8 Å². The van der Waals surface area contributed by atoms with E-state index >= 15 is 0 Å². The van der Waals surface area contributed by atoms with Gasteiger partial charge in [-0.1, -0.05) is 18.2 Å². The standard InChI is InChI=1S/C18H25N5O2/c1-4-20-17(22-12-18(2,3)16(19)24)21-10-14-11-25-15(23-14)13-8-6-5-7-9-13/h5-9,11H,4,10,12H2,1-3H3,(H2,19,24)(H2,20,21,22). The first kappa shape index (κ1) is 18.5. The van der Waals surface area contributed by atoms with Crippen molar-refractivity contribution in [1.82, 2.24) is 15.6 Å². The van der Waals surface area contributed by atoms with Crippen molar-refractivity contribution in [2.75, 3.05) is 13.1 Å². The lowest BCUT2D eigenvalue weighted by Gasteiger charge is -2.22. The molecule has 0 unspecified atom stereocenters. The number of primary amides is 1. The summed E-state index contributed by atoms with van der Waals surface area (Å²) in [6, 6.07) is 9.70. The lowest BCUT2D eigenvalue weighted by Crippen LogP contribution is -2.46. The van der Waals surface area contributed by atoms with E-state index in [0.717, 1.165) is 11.3 Å². The SMILES string of the molecule is CCNC(=NCc1coc(-c2ccccc2)n1)NCC(C)(C)C(N)=O. The van der Waals surface area contributed by atoms with E-state index < -0.39 is 5.41 Å². The highest BCUT2D eigenvalue weighted by molar-refractivity contribution is 5.83. The van der Waals surface area contributed by atoms with Crippen LogP contribution in [0.2, 0.25) is 0 Å². The first-order valence-electron chi connectivity index (χ1n) is 8.24. The summed E-state index contributed by atoms with van der Waals surface area (Å²) in [4.78, 5) is 20.3. The van der Waals surface area contributed by atoms with E-state index in [2.05, 4.69) is 20.6 Å². The zero-order valence-electron chi connectivity index (χ0n) is 14.9. The van der Waals surface area contributed by atoms with Crippen molar-refractivity contribution in [2.45, 2.75) is 27.3 Å². The molecule has 2 aromatic rings. The molecule has 1 heterocycles. The van der Waals surface area contributed by atoms with Crippen LogP contribution in [0.1, 0.15) is 26.5 Å². The molecule has 0 radical (unpaired) electrons. The first-order valence-corrected chi connectivity index (χ1v) is 8.24. The predicted molar refractivity (Wildman–Crippen MR) is 97.7 cm³/mol. The van der Waals surface area contributed by atoms with Gasteiger partial charge in [-0.05, 0) is 32.9 Å². The first-order chi connectivity index (χ1) is 11.9. The van der Waals surface area contributed by atoms with Gasteiger partial charge in [0, 0.05) is 18.7 Å². The molecule has 0 aliphatic carbocycles. The lowest BCUT2D eigenvalue weighted by atomic mass is 9.93. The highest BCUT2D eigenvalue weighted by Crippen LogP contribution is 2.18. The number of nitrogens with zero attached hydrogens (tertiary/aromatic N) is 2. The van der Waals surface area contributed by atoms with Crippen molar-refractivity contribution in [3.8, 4) is 11.5 Å². The largest absolute Gasteiger partial charge is 0.444 e. The van der Waals surface area contributed by atoms with Crippen LogP contribution in [0.4, 0.5) is 0 Å². The molecule has 0 bridgehead atoms. The van der Waals surface area contributed by atoms with Gasteiger partial charge in [0.1, 0.15) is 12.0 Å². The molecule has 0 aliphatic rings. The molecule has 25 heavy (non-hydrogen) atoms. The fourth-order valence-electron chi connectivity index (χ4n) is 1.99. The number of nitrogens with one attached hydrogen (secondary N) is 2. The van der Waals surface area contributed by atoms with Crippen molar-refractivity contribution in [3.63, 3.8) is 0 Å². The van der Waals surface area contributed by atoms with Crippen molar-refractivity contribution >= 4 is 11.9 Å². The molecule has 0 saturated carbocycles. The van der Waals surface area contributed by atoms with Crippen LogP contribution in [0.3, 0.4) is 0 Å². The second-order valence-electron chi connectivity index (χ2n) is 6.31. The van der Waals surface area contributed by atoms with Crippen LogP contribution in [0.15, 0.2) is 46.0 Å². The minimum Gasteiger partial charge on any atom is -0.444 e. The molecule has 7 nitrogen and oxygen atoms in total. The van der Waals surface area contributed by atoms with E-state index in [4.69, 9.17) is 10.2 Å². The smallest absolute Gasteiger partial charge is 0.226 e. The van der Waals surface area contributed by atoms with Gasteiger partial charge in [-0.25, -0.2) is 9.98 Å². The number of nitrogens with two attached hydrogens (primary N) is 1. The fourth-order valence-corrected chi connectivity index (χ4v) is 1.99. The van der Waals surface area contributed by atoms with Gasteiger partial charge in [-0.15, -0.1) is 0 Å². The summed E-state index contributed by atoms with van der Waals surface area (Å²) in [5.41, 5.74) is 6.38. The number of oxazole rings is 1. The summed E-state index contributed by atoms with van der Waals surface area (Å²) in [7, 11) is 0. The van der Waals surface area contributed by atoms with Gasteiger partial charge in [0.05, 0.1) is 12.0 Å². The number of carbonyl (C=O) groups is 1. The zero-order valence-corrected chi connectivity index (χ0v) is 14.9. The molecular formula is C18H25N5O2. The molecule has 0 spiro atoms. The van der Waals surface area contributed by atoms with Crippen molar-refractivity contribution in [3.05, 3.63) is 42.3 Å². The normalized spacial score (nSPS) is 12.0. The summed E-state index contributed by atoms with van der Waals surface area (Å²) < 4.78 is 5.51. The Hall–Kier alpha value is -2.83. The molecule has 1 aromatic heterocycles. The number of rotatable bonds is 7. The van der Waals surface area contributed by atoms with Gasteiger partial charge >= 0.3 is 0 Å². The van der Waals surface area contributed by atoms with Gasteiger partial charge in [0.15, 0.2) is 5.96 Å². The Kier molecular flexibility index (Phi) is 6.16. The van der Waals surface area contributed by atoms with E-state index in [1.807, 2.05) is 37.3 Å². The number of hydrogen-bond donors (Lipinski definition) is 3. The third-order valence-corrected chi connectivity index (χ3v) is 3.68. The molecule has 0 atom stereocenters. The van der Waals surface area contributed by atoms with E-state index in [-0.39, 0.29) is 5.91 Å². The average molecular weight is 343 g/mol. The van der Waals surface area contributed by atoms with E-state index in [1.165, 1.54) is 0 Å². The van der Waals surface area contributed by atoms with Crippen LogP contribution in [-0.4, -0.2) is 29.9 Å². The van der Waals surface area contributed by atoms with Crippen LogP contribution in [0, 0.1) is 5.41 Å². The van der Waals surface area contributed by atoms with Gasteiger partial charge in [-0.2, -0.15) is 0 Å². The molecule has 0 fully saturated rings. The quantitative estimate of drug-likeness (QED) is 0.526. The van der Waals surface area contributed by atoms with Crippen LogP contribution in [0.25, 0.3) is 11.5 Å². The topological polar surface area (TPSA) is 106 Å². The molecule has 7 heteroatoms. The van der Waals surface area contributed by atoms with Crippen LogP contribution >= 0.6 is 0 Å². The maximum atomic E-state index is 11.4. The summed E-state index contributed by atoms with van der Waals surface area (Å²) >= 11 is 0. The average Bonchev–Trinajstić information content (AvgIpc) is 3.07. The zero-order chi connectivity index (χ0) is 18.3. The van der Waals surface area contributed by atoms with Crippen LogP contribution in [0.5, 0.6) is 0 Å². The molecule has 2 rings (SSSR count).